The molecule has 0 saturated carbocycles. The fraction of sp³-hybridized carbons (Fsp3) is 0.167. The van der Waals surface area contributed by atoms with Gasteiger partial charge in [0, 0.05) is 24.6 Å². The van der Waals surface area contributed by atoms with Crippen LogP contribution in [0.3, 0.4) is 0 Å². The van der Waals surface area contributed by atoms with Gasteiger partial charge in [0.05, 0.1) is 10.6 Å². The molecule has 0 fully saturated rings. The van der Waals surface area contributed by atoms with Gasteiger partial charge in [0.15, 0.2) is 0 Å². The van der Waals surface area contributed by atoms with E-state index in [2.05, 4.69) is 10.4 Å². The zero-order valence-corrected chi connectivity index (χ0v) is 14.3. The van der Waals surface area contributed by atoms with E-state index < -0.39 is 22.3 Å². The normalized spacial score (nSPS) is 13.9. The minimum Gasteiger partial charge on any atom is -0.321 e. The zero-order valence-electron chi connectivity index (χ0n) is 14.3. The highest BCUT2D eigenvalue weighted by molar-refractivity contribution is 6.44. The highest BCUT2D eigenvalue weighted by Gasteiger charge is 2.26. The number of nitro groups is 1. The second-order valence-corrected chi connectivity index (χ2v) is 5.97. The van der Waals surface area contributed by atoms with Gasteiger partial charge in [-0.25, -0.2) is 5.01 Å². The summed E-state index contributed by atoms with van der Waals surface area (Å²) in [5.41, 5.74) is 0.904. The van der Waals surface area contributed by atoms with E-state index in [4.69, 9.17) is 0 Å². The second-order valence-electron chi connectivity index (χ2n) is 5.97. The lowest BCUT2D eigenvalue weighted by molar-refractivity contribution is -0.387. The van der Waals surface area contributed by atoms with Crippen LogP contribution in [0.4, 0.5) is 21.5 Å². The first-order chi connectivity index (χ1) is 12.8. The maximum Gasteiger partial charge on any atom is 0.306 e. The molecule has 0 aliphatic carbocycles. The topological polar surface area (TPSA) is 105 Å². The molecular weight excluding hydrogens is 355 g/mol. The maximum atomic E-state index is 13.4. The number of nitrogens with zero attached hydrogens (tertiary/aromatic N) is 3. The Bertz CT molecular complexity index is 974. The van der Waals surface area contributed by atoms with Crippen molar-refractivity contribution in [2.24, 2.45) is 5.10 Å². The third kappa shape index (κ3) is 3.97. The number of carbonyl (C=O) groups is 2. The Hall–Kier alpha value is -3.62. The number of amides is 2. The standard InChI is InChI=1S/C18H15FN4O4/c1-11-3-2-4-13(9-11)22-17(24)8-7-15(21-22)18(25)20-12-5-6-14(19)16(10-12)23(26)27/h2-6,9-10H,7-8H2,1H3,(H,20,25). The summed E-state index contributed by atoms with van der Waals surface area (Å²) in [5.74, 6) is -1.85. The molecule has 138 valence electrons. The van der Waals surface area contributed by atoms with Crippen LogP contribution in [0.1, 0.15) is 18.4 Å². The van der Waals surface area contributed by atoms with Crippen LogP contribution in [-0.2, 0) is 9.59 Å². The number of halogens is 1. The van der Waals surface area contributed by atoms with Crippen molar-refractivity contribution in [2.75, 3.05) is 10.3 Å². The average molecular weight is 370 g/mol. The first-order valence-corrected chi connectivity index (χ1v) is 8.07. The number of carbonyl (C=O) groups excluding carboxylic acids is 2. The van der Waals surface area contributed by atoms with Gasteiger partial charge in [-0.3, -0.25) is 19.7 Å². The summed E-state index contributed by atoms with van der Waals surface area (Å²) in [6, 6.07) is 10.2. The summed E-state index contributed by atoms with van der Waals surface area (Å²) < 4.78 is 13.4. The predicted octanol–water partition coefficient (Wildman–Crippen LogP) is 3.16. The van der Waals surface area contributed by atoms with Gasteiger partial charge in [-0.2, -0.15) is 9.49 Å². The molecule has 0 saturated heterocycles. The predicted molar refractivity (Wildman–Crippen MR) is 97.0 cm³/mol. The van der Waals surface area contributed by atoms with Gasteiger partial charge >= 0.3 is 5.69 Å². The van der Waals surface area contributed by atoms with Crippen LogP contribution in [0.2, 0.25) is 0 Å². The van der Waals surface area contributed by atoms with Crippen LogP contribution in [0.5, 0.6) is 0 Å². The number of nitrogens with one attached hydrogen (secondary N) is 1. The summed E-state index contributed by atoms with van der Waals surface area (Å²) in [6.07, 6.45) is 0.236. The summed E-state index contributed by atoms with van der Waals surface area (Å²) in [5, 5.41) is 18.6. The molecule has 0 unspecified atom stereocenters. The monoisotopic (exact) mass is 370 g/mol. The van der Waals surface area contributed by atoms with Gasteiger partial charge in [-0.15, -0.1) is 0 Å². The molecule has 2 aromatic rings. The molecule has 0 spiro atoms. The number of aryl methyl sites for hydroxylation is 1. The Morgan fingerprint density at radius 1 is 1.26 bits per heavy atom. The molecule has 0 atom stereocenters. The summed E-state index contributed by atoms with van der Waals surface area (Å²) >= 11 is 0. The quantitative estimate of drug-likeness (QED) is 0.659. The van der Waals surface area contributed by atoms with E-state index in [9.17, 15) is 24.1 Å². The third-order valence-electron chi connectivity index (χ3n) is 3.94. The van der Waals surface area contributed by atoms with E-state index in [0.29, 0.717) is 5.69 Å². The van der Waals surface area contributed by atoms with E-state index in [1.807, 2.05) is 13.0 Å². The van der Waals surface area contributed by atoms with E-state index in [0.717, 1.165) is 17.7 Å². The highest BCUT2D eigenvalue weighted by Crippen LogP contribution is 2.24. The molecule has 1 aliphatic rings. The van der Waals surface area contributed by atoms with E-state index >= 15 is 0 Å². The van der Waals surface area contributed by atoms with Gasteiger partial charge in [0.25, 0.3) is 5.91 Å². The van der Waals surface area contributed by atoms with Gasteiger partial charge in [-0.1, -0.05) is 12.1 Å². The molecule has 27 heavy (non-hydrogen) atoms. The Kier molecular flexibility index (Phi) is 4.93. The molecule has 8 nitrogen and oxygen atoms in total. The van der Waals surface area contributed by atoms with Crippen LogP contribution in [0.15, 0.2) is 47.6 Å². The molecule has 1 N–H and O–H groups in total. The lowest BCUT2D eigenvalue weighted by Gasteiger charge is -2.23. The third-order valence-corrected chi connectivity index (χ3v) is 3.94. The molecule has 3 rings (SSSR count). The van der Waals surface area contributed by atoms with Crippen molar-refractivity contribution in [3.05, 3.63) is 64.0 Å². The smallest absolute Gasteiger partial charge is 0.306 e. The van der Waals surface area contributed by atoms with Crippen LogP contribution < -0.4 is 10.3 Å². The molecule has 0 radical (unpaired) electrons. The van der Waals surface area contributed by atoms with Crippen LogP contribution >= 0.6 is 0 Å². The number of hydrazone groups is 1. The molecule has 2 amide bonds. The molecule has 2 aromatic carbocycles. The van der Waals surface area contributed by atoms with Crippen LogP contribution in [0.25, 0.3) is 0 Å². The van der Waals surface area contributed by atoms with Gasteiger partial charge in [0.1, 0.15) is 5.71 Å². The van der Waals surface area contributed by atoms with Gasteiger partial charge < -0.3 is 5.32 Å². The molecule has 1 aliphatic heterocycles. The van der Waals surface area contributed by atoms with Crippen molar-refractivity contribution in [1.82, 2.24) is 0 Å². The first kappa shape index (κ1) is 18.2. The average Bonchev–Trinajstić information content (AvgIpc) is 2.63. The summed E-state index contributed by atoms with van der Waals surface area (Å²) in [7, 11) is 0. The maximum absolute atomic E-state index is 13.4. The van der Waals surface area contributed by atoms with Crippen LogP contribution in [-0.4, -0.2) is 22.4 Å². The number of hydrogen-bond acceptors (Lipinski definition) is 5. The molecule has 0 aromatic heterocycles. The zero-order chi connectivity index (χ0) is 19.6. The van der Waals surface area contributed by atoms with Crippen molar-refractivity contribution in [1.29, 1.82) is 0 Å². The van der Waals surface area contributed by atoms with E-state index in [1.165, 1.54) is 11.1 Å². The summed E-state index contributed by atoms with van der Waals surface area (Å²) in [6.45, 7) is 1.87. The van der Waals surface area contributed by atoms with Crippen LogP contribution in [0, 0.1) is 22.9 Å². The fourth-order valence-corrected chi connectivity index (χ4v) is 2.61. The Balaban J connectivity index is 1.84. The highest BCUT2D eigenvalue weighted by atomic mass is 19.1. The van der Waals surface area contributed by atoms with Crippen molar-refractivity contribution >= 4 is 34.6 Å². The Morgan fingerprint density at radius 3 is 2.74 bits per heavy atom. The largest absolute Gasteiger partial charge is 0.321 e. The molecule has 9 heteroatoms. The number of anilines is 2. The molecule has 1 heterocycles. The van der Waals surface area contributed by atoms with Crippen molar-refractivity contribution in [3.8, 4) is 0 Å². The van der Waals surface area contributed by atoms with E-state index in [1.54, 1.807) is 18.2 Å². The number of rotatable bonds is 4. The van der Waals surface area contributed by atoms with Crippen molar-refractivity contribution < 1.29 is 18.9 Å². The van der Waals surface area contributed by atoms with Gasteiger partial charge in [-0.05, 0) is 36.8 Å². The minimum atomic E-state index is -0.996. The second kappa shape index (κ2) is 7.32. The molecule has 0 bridgehead atoms. The number of hydrogen-bond donors (Lipinski definition) is 1. The number of benzene rings is 2. The van der Waals surface area contributed by atoms with E-state index in [-0.39, 0.29) is 30.1 Å². The first-order valence-electron chi connectivity index (χ1n) is 8.07. The minimum absolute atomic E-state index is 0.0646. The Labute approximate surface area is 153 Å². The Morgan fingerprint density at radius 2 is 2.04 bits per heavy atom. The summed E-state index contributed by atoms with van der Waals surface area (Å²) in [4.78, 5) is 34.5. The lowest BCUT2D eigenvalue weighted by Crippen LogP contribution is -2.36. The lowest BCUT2D eigenvalue weighted by atomic mass is 10.1. The van der Waals surface area contributed by atoms with Gasteiger partial charge in [0.2, 0.25) is 11.7 Å². The van der Waals surface area contributed by atoms with Crippen molar-refractivity contribution in [3.63, 3.8) is 0 Å². The van der Waals surface area contributed by atoms with Crippen molar-refractivity contribution in [2.45, 2.75) is 19.8 Å². The SMILES string of the molecule is Cc1cccc(N2N=C(C(=O)Nc3ccc(F)c([N+](=O)[O-])c3)CCC2=O)c1. The fourth-order valence-electron chi connectivity index (χ4n) is 2.61. The number of nitro benzene ring substituents is 1. The molecular formula is C18H15FN4O4.